The Bertz CT molecular complexity index is 306. The number of hydrogen-bond acceptors (Lipinski definition) is 1. The Morgan fingerprint density at radius 3 is 2.53 bits per heavy atom. The van der Waals surface area contributed by atoms with E-state index in [0.717, 1.165) is 6.42 Å². The lowest BCUT2D eigenvalue weighted by Gasteiger charge is -2.17. The van der Waals surface area contributed by atoms with Crippen molar-refractivity contribution in [3.8, 4) is 0 Å². The first-order valence-corrected chi connectivity index (χ1v) is 6.99. The highest BCUT2D eigenvalue weighted by molar-refractivity contribution is 5.26. The largest absolute Gasteiger partial charge is 0.317 e. The summed E-state index contributed by atoms with van der Waals surface area (Å²) < 4.78 is 0. The van der Waals surface area contributed by atoms with Crippen molar-refractivity contribution < 1.29 is 0 Å². The van der Waals surface area contributed by atoms with Crippen LogP contribution in [0.1, 0.15) is 50.2 Å². The minimum Gasteiger partial charge on any atom is -0.317 e. The topological polar surface area (TPSA) is 12.0 Å². The van der Waals surface area contributed by atoms with Crippen LogP contribution in [0.3, 0.4) is 0 Å². The van der Waals surface area contributed by atoms with Gasteiger partial charge in [0, 0.05) is 6.04 Å². The van der Waals surface area contributed by atoms with E-state index in [0.29, 0.717) is 6.04 Å². The molecule has 0 aliphatic carbocycles. The van der Waals surface area contributed by atoms with Crippen LogP contribution >= 0.6 is 0 Å². The molecule has 1 rings (SSSR count). The van der Waals surface area contributed by atoms with Crippen molar-refractivity contribution in [2.24, 2.45) is 0 Å². The lowest BCUT2D eigenvalue weighted by molar-refractivity contribution is 0.484. The van der Waals surface area contributed by atoms with Crippen LogP contribution in [-0.2, 0) is 6.42 Å². The molecule has 0 fully saturated rings. The van der Waals surface area contributed by atoms with Crippen LogP contribution in [0.5, 0.6) is 0 Å². The minimum atomic E-state index is 0.632. The van der Waals surface area contributed by atoms with Crippen molar-refractivity contribution in [3.05, 3.63) is 35.4 Å². The van der Waals surface area contributed by atoms with E-state index in [9.17, 15) is 0 Å². The van der Waals surface area contributed by atoms with Crippen LogP contribution in [0.15, 0.2) is 24.3 Å². The van der Waals surface area contributed by atoms with Gasteiger partial charge < -0.3 is 5.32 Å². The standard InChI is InChI=1S/C16H27N/c1-4-5-6-7-12-16(17-3)13-15-11-9-8-10-14(15)2/h8-11,16-17H,4-7,12-13H2,1-3H3. The number of aryl methyl sites for hydroxylation is 1. The van der Waals surface area contributed by atoms with Gasteiger partial charge in [-0.05, 0) is 37.9 Å². The third kappa shape index (κ3) is 5.36. The number of unbranched alkanes of at least 4 members (excludes halogenated alkanes) is 3. The molecule has 0 spiro atoms. The van der Waals surface area contributed by atoms with E-state index in [-0.39, 0.29) is 0 Å². The molecule has 0 saturated carbocycles. The van der Waals surface area contributed by atoms with Crippen molar-refractivity contribution in [2.45, 2.75) is 58.4 Å². The molecule has 0 aliphatic heterocycles. The SMILES string of the molecule is CCCCCCC(Cc1ccccc1C)NC. The Hall–Kier alpha value is -0.820. The first-order valence-electron chi connectivity index (χ1n) is 6.99. The lowest BCUT2D eigenvalue weighted by Crippen LogP contribution is -2.27. The number of rotatable bonds is 8. The Balaban J connectivity index is 2.38. The maximum absolute atomic E-state index is 3.45. The van der Waals surface area contributed by atoms with Gasteiger partial charge in [-0.2, -0.15) is 0 Å². The van der Waals surface area contributed by atoms with Crippen LogP contribution in [0.2, 0.25) is 0 Å². The minimum absolute atomic E-state index is 0.632. The molecule has 0 amide bonds. The van der Waals surface area contributed by atoms with E-state index >= 15 is 0 Å². The van der Waals surface area contributed by atoms with Crippen molar-refractivity contribution >= 4 is 0 Å². The highest BCUT2D eigenvalue weighted by Gasteiger charge is 2.08. The Kier molecular flexibility index (Phi) is 6.95. The van der Waals surface area contributed by atoms with Crippen molar-refractivity contribution in [1.29, 1.82) is 0 Å². The molecule has 0 aliphatic rings. The Morgan fingerprint density at radius 2 is 1.88 bits per heavy atom. The van der Waals surface area contributed by atoms with E-state index in [1.54, 1.807) is 0 Å². The normalized spacial score (nSPS) is 12.6. The van der Waals surface area contributed by atoms with Gasteiger partial charge in [0.05, 0.1) is 0 Å². The summed E-state index contributed by atoms with van der Waals surface area (Å²) >= 11 is 0. The molecular formula is C16H27N. The van der Waals surface area contributed by atoms with Gasteiger partial charge in [-0.25, -0.2) is 0 Å². The first-order chi connectivity index (χ1) is 8.27. The summed E-state index contributed by atoms with van der Waals surface area (Å²) in [5.74, 6) is 0. The molecule has 96 valence electrons. The van der Waals surface area contributed by atoms with Crippen LogP contribution in [0.25, 0.3) is 0 Å². The van der Waals surface area contributed by atoms with Gasteiger partial charge in [0.1, 0.15) is 0 Å². The zero-order valence-electron chi connectivity index (χ0n) is 11.6. The molecule has 0 bridgehead atoms. The van der Waals surface area contributed by atoms with E-state index in [4.69, 9.17) is 0 Å². The molecule has 0 heterocycles. The van der Waals surface area contributed by atoms with Gasteiger partial charge in [-0.1, -0.05) is 56.9 Å². The number of hydrogen-bond donors (Lipinski definition) is 1. The Morgan fingerprint density at radius 1 is 1.12 bits per heavy atom. The molecule has 0 radical (unpaired) electrons. The summed E-state index contributed by atoms with van der Waals surface area (Å²) in [6, 6.07) is 9.36. The lowest BCUT2D eigenvalue weighted by atomic mass is 9.97. The maximum atomic E-state index is 3.45. The molecule has 1 unspecified atom stereocenters. The summed E-state index contributed by atoms with van der Waals surface area (Å²) in [6.45, 7) is 4.47. The summed E-state index contributed by atoms with van der Waals surface area (Å²) in [6.07, 6.45) is 7.89. The predicted octanol–water partition coefficient (Wildman–Crippen LogP) is 4.10. The zero-order valence-corrected chi connectivity index (χ0v) is 11.6. The highest BCUT2D eigenvalue weighted by atomic mass is 14.9. The molecule has 1 atom stereocenters. The highest BCUT2D eigenvalue weighted by Crippen LogP contribution is 2.13. The average molecular weight is 233 g/mol. The van der Waals surface area contributed by atoms with Crippen LogP contribution < -0.4 is 5.32 Å². The molecule has 1 heteroatoms. The number of nitrogens with one attached hydrogen (secondary N) is 1. The van der Waals surface area contributed by atoms with Crippen LogP contribution in [0, 0.1) is 6.92 Å². The number of likely N-dealkylation sites (N-methyl/N-ethyl adjacent to an activating group) is 1. The van der Waals surface area contributed by atoms with E-state index < -0.39 is 0 Å². The fourth-order valence-electron chi connectivity index (χ4n) is 2.27. The second-order valence-corrected chi connectivity index (χ2v) is 4.97. The molecule has 1 N–H and O–H groups in total. The van der Waals surface area contributed by atoms with Gasteiger partial charge in [-0.3, -0.25) is 0 Å². The van der Waals surface area contributed by atoms with Gasteiger partial charge in [0.2, 0.25) is 0 Å². The van der Waals surface area contributed by atoms with Crippen molar-refractivity contribution in [3.63, 3.8) is 0 Å². The summed E-state index contributed by atoms with van der Waals surface area (Å²) in [5, 5.41) is 3.45. The summed E-state index contributed by atoms with van der Waals surface area (Å²) in [7, 11) is 2.09. The van der Waals surface area contributed by atoms with E-state index in [2.05, 4.69) is 50.5 Å². The van der Waals surface area contributed by atoms with Crippen molar-refractivity contribution in [2.75, 3.05) is 7.05 Å². The molecule has 1 aromatic rings. The molecule has 17 heavy (non-hydrogen) atoms. The molecule has 0 aromatic heterocycles. The quantitative estimate of drug-likeness (QED) is 0.667. The van der Waals surface area contributed by atoms with Gasteiger partial charge in [0.25, 0.3) is 0 Å². The fourth-order valence-corrected chi connectivity index (χ4v) is 2.27. The van der Waals surface area contributed by atoms with Gasteiger partial charge >= 0.3 is 0 Å². The van der Waals surface area contributed by atoms with Crippen LogP contribution in [-0.4, -0.2) is 13.1 Å². The van der Waals surface area contributed by atoms with E-state index in [1.165, 1.54) is 43.2 Å². The smallest absolute Gasteiger partial charge is 0.0105 e. The number of benzene rings is 1. The third-order valence-corrected chi connectivity index (χ3v) is 3.54. The molecule has 1 nitrogen and oxygen atoms in total. The fraction of sp³-hybridized carbons (Fsp3) is 0.625. The summed E-state index contributed by atoms with van der Waals surface area (Å²) in [5.41, 5.74) is 2.91. The van der Waals surface area contributed by atoms with Gasteiger partial charge in [-0.15, -0.1) is 0 Å². The Labute approximate surface area is 107 Å². The maximum Gasteiger partial charge on any atom is 0.0105 e. The zero-order chi connectivity index (χ0) is 12.5. The van der Waals surface area contributed by atoms with Crippen LogP contribution in [0.4, 0.5) is 0 Å². The molecular weight excluding hydrogens is 206 g/mol. The molecule has 0 saturated heterocycles. The second kappa shape index (κ2) is 8.30. The monoisotopic (exact) mass is 233 g/mol. The molecule has 1 aromatic carbocycles. The van der Waals surface area contributed by atoms with E-state index in [1.807, 2.05) is 0 Å². The summed E-state index contributed by atoms with van der Waals surface area (Å²) in [4.78, 5) is 0. The predicted molar refractivity (Wildman–Crippen MR) is 76.5 cm³/mol. The van der Waals surface area contributed by atoms with Crippen molar-refractivity contribution in [1.82, 2.24) is 5.32 Å². The third-order valence-electron chi connectivity index (χ3n) is 3.54. The average Bonchev–Trinajstić information content (AvgIpc) is 2.35. The van der Waals surface area contributed by atoms with Gasteiger partial charge in [0.15, 0.2) is 0 Å². The first kappa shape index (κ1) is 14.2. The second-order valence-electron chi connectivity index (χ2n) is 4.97.